The highest BCUT2D eigenvalue weighted by Gasteiger charge is 2.20. The van der Waals surface area contributed by atoms with Crippen LogP contribution < -0.4 is 10.1 Å². The van der Waals surface area contributed by atoms with E-state index in [9.17, 15) is 9.18 Å². The molecule has 0 unspecified atom stereocenters. The Balaban J connectivity index is 1.66. The Labute approximate surface area is 214 Å². The maximum Gasteiger partial charge on any atom is 0.251 e. The zero-order valence-corrected chi connectivity index (χ0v) is 21.4. The van der Waals surface area contributed by atoms with Crippen LogP contribution in [0.1, 0.15) is 46.7 Å². The number of aromatic nitrogens is 3. The molecule has 4 rings (SSSR count). The first kappa shape index (κ1) is 25.4. The summed E-state index contributed by atoms with van der Waals surface area (Å²) in [4.78, 5) is 12.8. The predicted molar refractivity (Wildman–Crippen MR) is 140 cm³/mol. The number of rotatable bonds is 10. The van der Waals surface area contributed by atoms with Gasteiger partial charge in [-0.25, -0.2) is 4.39 Å². The van der Waals surface area contributed by atoms with Gasteiger partial charge < -0.3 is 10.1 Å². The van der Waals surface area contributed by atoms with E-state index in [1.54, 1.807) is 37.4 Å². The molecule has 0 spiro atoms. The lowest BCUT2D eigenvalue weighted by Gasteiger charge is -2.18. The normalized spacial score (nSPS) is 10.9. The lowest BCUT2D eigenvalue weighted by molar-refractivity contribution is 0.0949. The average molecular weight is 505 g/mol. The second-order valence-electron chi connectivity index (χ2n) is 8.20. The van der Waals surface area contributed by atoms with Gasteiger partial charge in [0.05, 0.1) is 19.3 Å². The first-order valence-electron chi connectivity index (χ1n) is 11.9. The van der Waals surface area contributed by atoms with Crippen LogP contribution in [0.15, 0.2) is 71.9 Å². The van der Waals surface area contributed by atoms with Crippen molar-refractivity contribution in [3.8, 4) is 11.4 Å². The average Bonchev–Trinajstić information content (AvgIpc) is 3.32. The second kappa shape index (κ2) is 11.9. The first-order valence-corrected chi connectivity index (χ1v) is 12.9. The summed E-state index contributed by atoms with van der Waals surface area (Å²) in [5, 5.41) is 12.6. The Hall–Kier alpha value is -3.65. The van der Waals surface area contributed by atoms with Crippen LogP contribution in [0, 0.1) is 5.82 Å². The molecule has 0 saturated carbocycles. The molecule has 3 aromatic carbocycles. The Morgan fingerprint density at radius 1 is 1.00 bits per heavy atom. The zero-order valence-electron chi connectivity index (χ0n) is 20.6. The fraction of sp³-hybridized carbons (Fsp3) is 0.250. The van der Waals surface area contributed by atoms with Crippen molar-refractivity contribution in [2.45, 2.75) is 44.1 Å². The topological polar surface area (TPSA) is 69.0 Å². The van der Waals surface area contributed by atoms with Gasteiger partial charge in [0.25, 0.3) is 5.91 Å². The van der Waals surface area contributed by atoms with E-state index in [2.05, 4.69) is 47.6 Å². The molecule has 0 radical (unpaired) electrons. The van der Waals surface area contributed by atoms with Gasteiger partial charge in [-0.2, -0.15) is 0 Å². The van der Waals surface area contributed by atoms with Crippen molar-refractivity contribution < 1.29 is 13.9 Å². The van der Waals surface area contributed by atoms with Gasteiger partial charge in [-0.15, -0.1) is 10.2 Å². The fourth-order valence-electron chi connectivity index (χ4n) is 4.01. The van der Waals surface area contributed by atoms with Crippen molar-refractivity contribution in [2.75, 3.05) is 7.11 Å². The number of halogens is 1. The number of methoxy groups -OCH3 is 1. The number of benzene rings is 3. The van der Waals surface area contributed by atoms with E-state index < -0.39 is 0 Å². The third kappa shape index (κ3) is 5.76. The molecule has 36 heavy (non-hydrogen) atoms. The number of carbonyl (C=O) groups is 1. The lowest BCUT2D eigenvalue weighted by Crippen LogP contribution is -2.25. The third-order valence-electron chi connectivity index (χ3n) is 5.91. The molecule has 0 atom stereocenters. The molecule has 1 heterocycles. The molecule has 0 aliphatic carbocycles. The molecule has 0 saturated heterocycles. The fourth-order valence-corrected chi connectivity index (χ4v) is 4.91. The van der Waals surface area contributed by atoms with Gasteiger partial charge in [0.15, 0.2) is 11.0 Å². The molecule has 1 N–H and O–H groups in total. The third-order valence-corrected chi connectivity index (χ3v) is 6.91. The summed E-state index contributed by atoms with van der Waals surface area (Å²) in [5.41, 5.74) is 4.78. The molecule has 0 fully saturated rings. The molecule has 8 heteroatoms. The molecule has 1 aromatic heterocycles. The first-order chi connectivity index (χ1) is 17.5. The van der Waals surface area contributed by atoms with Gasteiger partial charge in [0.2, 0.25) is 0 Å². The van der Waals surface area contributed by atoms with Crippen LogP contribution in [-0.2, 0) is 25.1 Å². The number of nitrogens with zero attached hydrogens (tertiary/aromatic N) is 3. The highest BCUT2D eigenvalue weighted by Crippen LogP contribution is 2.30. The summed E-state index contributed by atoms with van der Waals surface area (Å²) >= 11 is 1.49. The maximum absolute atomic E-state index is 13.7. The van der Waals surface area contributed by atoms with Crippen molar-refractivity contribution in [1.82, 2.24) is 20.1 Å². The number of nitrogens with one attached hydrogen (secondary N) is 1. The number of hydrogen-bond donors (Lipinski definition) is 1. The molecule has 0 bridgehead atoms. The molecule has 6 nitrogen and oxygen atoms in total. The Morgan fingerprint density at radius 2 is 1.69 bits per heavy atom. The Morgan fingerprint density at radius 3 is 2.33 bits per heavy atom. The van der Waals surface area contributed by atoms with Crippen molar-refractivity contribution >= 4 is 17.7 Å². The summed E-state index contributed by atoms with van der Waals surface area (Å²) in [6.07, 6.45) is 1.68. The van der Waals surface area contributed by atoms with Crippen molar-refractivity contribution in [2.24, 2.45) is 0 Å². The minimum Gasteiger partial charge on any atom is -0.497 e. The highest BCUT2D eigenvalue weighted by molar-refractivity contribution is 7.98. The largest absolute Gasteiger partial charge is 0.497 e. The smallest absolute Gasteiger partial charge is 0.251 e. The SMILES string of the molecule is CCc1cccc(CC)c1-n1c(CNC(=O)c2ccc(OC)cc2)nnc1SCc1cccc(F)c1. The van der Waals surface area contributed by atoms with E-state index in [4.69, 9.17) is 4.74 Å². The Kier molecular flexibility index (Phi) is 8.38. The van der Waals surface area contributed by atoms with Crippen LogP contribution in [0.4, 0.5) is 4.39 Å². The lowest BCUT2D eigenvalue weighted by atomic mass is 10.0. The van der Waals surface area contributed by atoms with Crippen LogP contribution in [0.25, 0.3) is 5.69 Å². The summed E-state index contributed by atoms with van der Waals surface area (Å²) < 4.78 is 20.9. The number of hydrogen-bond acceptors (Lipinski definition) is 5. The van der Waals surface area contributed by atoms with Crippen molar-refractivity contribution in [3.63, 3.8) is 0 Å². The quantitative estimate of drug-likeness (QED) is 0.278. The Bertz CT molecular complexity index is 1320. The van der Waals surface area contributed by atoms with Gasteiger partial charge >= 0.3 is 0 Å². The number of aryl methyl sites for hydroxylation is 2. The van der Waals surface area contributed by atoms with Gasteiger partial charge in [-0.05, 0) is 65.9 Å². The molecule has 1 amide bonds. The molecule has 186 valence electrons. The van der Waals surface area contributed by atoms with Crippen molar-refractivity contribution in [3.05, 3.63) is 101 Å². The van der Waals surface area contributed by atoms with Gasteiger partial charge in [0, 0.05) is 11.3 Å². The maximum atomic E-state index is 13.7. The van der Waals surface area contributed by atoms with E-state index in [0.29, 0.717) is 28.0 Å². The van der Waals surface area contributed by atoms with Gasteiger partial charge in [-0.3, -0.25) is 9.36 Å². The number of amides is 1. The van der Waals surface area contributed by atoms with E-state index in [-0.39, 0.29) is 18.3 Å². The van der Waals surface area contributed by atoms with E-state index in [1.165, 1.54) is 35.0 Å². The molecular weight excluding hydrogens is 475 g/mol. The molecular formula is C28H29FN4O2S. The van der Waals surface area contributed by atoms with Gasteiger partial charge in [-0.1, -0.05) is 55.9 Å². The second-order valence-corrected chi connectivity index (χ2v) is 9.14. The summed E-state index contributed by atoms with van der Waals surface area (Å²) in [7, 11) is 1.59. The monoisotopic (exact) mass is 504 g/mol. The zero-order chi connectivity index (χ0) is 25.5. The predicted octanol–water partition coefficient (Wildman–Crippen LogP) is 5.76. The van der Waals surface area contributed by atoms with Gasteiger partial charge in [0.1, 0.15) is 11.6 Å². The standard InChI is InChI=1S/C28H29FN4O2S/c1-4-20-9-7-10-21(5-2)26(20)33-25(17-30-27(34)22-12-14-24(35-3)15-13-22)31-32-28(33)36-18-19-8-6-11-23(29)16-19/h6-16H,4-5,17-18H2,1-3H3,(H,30,34). The van der Waals surface area contributed by atoms with Crippen LogP contribution >= 0.6 is 11.8 Å². The van der Waals surface area contributed by atoms with Crippen LogP contribution in [-0.4, -0.2) is 27.8 Å². The number of thioether (sulfide) groups is 1. The molecule has 4 aromatic rings. The van der Waals surface area contributed by atoms with Crippen molar-refractivity contribution in [1.29, 1.82) is 0 Å². The summed E-state index contributed by atoms with van der Waals surface area (Å²) in [6.45, 7) is 4.44. The highest BCUT2D eigenvalue weighted by atomic mass is 32.2. The number of ether oxygens (including phenoxy) is 1. The minimum atomic E-state index is -0.263. The summed E-state index contributed by atoms with van der Waals surface area (Å²) in [5.74, 6) is 1.40. The van der Waals surface area contributed by atoms with E-state index >= 15 is 0 Å². The molecule has 0 aliphatic rings. The minimum absolute atomic E-state index is 0.208. The number of carbonyl (C=O) groups excluding carboxylic acids is 1. The molecule has 0 aliphatic heterocycles. The number of para-hydroxylation sites is 1. The van der Waals surface area contributed by atoms with Crippen LogP contribution in [0.2, 0.25) is 0 Å². The van der Waals surface area contributed by atoms with E-state index in [0.717, 1.165) is 24.1 Å². The van der Waals surface area contributed by atoms with Crippen LogP contribution in [0.3, 0.4) is 0 Å². The van der Waals surface area contributed by atoms with Crippen LogP contribution in [0.5, 0.6) is 5.75 Å². The van der Waals surface area contributed by atoms with E-state index in [1.807, 2.05) is 10.6 Å². The summed E-state index contributed by atoms with van der Waals surface area (Å²) in [6, 6.07) is 19.8.